The number of halogens is 2. The highest BCUT2D eigenvalue weighted by molar-refractivity contribution is 7.21. The first-order chi connectivity index (χ1) is 14.0. The van der Waals surface area contributed by atoms with Crippen molar-refractivity contribution in [1.82, 2.24) is 4.98 Å². The largest absolute Gasteiger partial charge is 0.479 e. The first-order valence-electron chi connectivity index (χ1n) is 8.89. The Bertz CT molecular complexity index is 1160. The Balaban J connectivity index is 1.55. The highest BCUT2D eigenvalue weighted by atomic mass is 35.5. The predicted octanol–water partition coefficient (Wildman–Crippen LogP) is 6.68. The van der Waals surface area contributed by atoms with E-state index in [9.17, 15) is 4.79 Å². The molecule has 0 saturated carbocycles. The van der Waals surface area contributed by atoms with Crippen molar-refractivity contribution in [1.29, 1.82) is 0 Å². The van der Waals surface area contributed by atoms with Crippen LogP contribution in [0.2, 0.25) is 10.0 Å². The third-order valence-electron chi connectivity index (χ3n) is 4.28. The minimum absolute atomic E-state index is 0.287. The number of thiazole rings is 1. The SMILES string of the molecule is C[C@@H](Oc1ccc(Cl)cc1Cl)C(=O)Nc1ccccc1-c1nc2ccccc2s1. The maximum Gasteiger partial charge on any atom is 0.265 e. The van der Waals surface area contributed by atoms with Crippen molar-refractivity contribution in [2.75, 3.05) is 5.32 Å². The van der Waals surface area contributed by atoms with Crippen LogP contribution in [0.25, 0.3) is 20.8 Å². The maximum absolute atomic E-state index is 12.7. The highest BCUT2D eigenvalue weighted by Gasteiger charge is 2.19. The van der Waals surface area contributed by atoms with Gasteiger partial charge in [-0.1, -0.05) is 47.5 Å². The Morgan fingerprint density at radius 1 is 1.07 bits per heavy atom. The van der Waals surface area contributed by atoms with E-state index in [1.165, 1.54) is 0 Å². The number of amides is 1. The number of hydrogen-bond acceptors (Lipinski definition) is 4. The smallest absolute Gasteiger partial charge is 0.265 e. The molecule has 1 N–H and O–H groups in total. The summed E-state index contributed by atoms with van der Waals surface area (Å²) in [6.45, 7) is 1.67. The van der Waals surface area contributed by atoms with Crippen LogP contribution in [-0.2, 0) is 4.79 Å². The van der Waals surface area contributed by atoms with E-state index in [1.54, 1.807) is 36.5 Å². The second-order valence-electron chi connectivity index (χ2n) is 6.36. The van der Waals surface area contributed by atoms with Crippen LogP contribution in [0.1, 0.15) is 6.92 Å². The molecule has 0 aliphatic carbocycles. The summed E-state index contributed by atoms with van der Waals surface area (Å²) in [5.74, 6) is 0.114. The molecule has 0 saturated heterocycles. The average molecular weight is 443 g/mol. The zero-order chi connectivity index (χ0) is 20.4. The van der Waals surface area contributed by atoms with Crippen LogP contribution in [-0.4, -0.2) is 17.0 Å². The standard InChI is InChI=1S/C22H16Cl2N2O2S/c1-13(28-19-11-10-14(23)12-16(19)24)21(27)25-17-7-3-2-6-15(17)22-26-18-8-4-5-9-20(18)29-22/h2-13H,1H3,(H,25,27)/t13-/m1/s1. The molecule has 0 aliphatic rings. The lowest BCUT2D eigenvalue weighted by Gasteiger charge is -2.17. The minimum Gasteiger partial charge on any atom is -0.479 e. The third kappa shape index (κ3) is 4.37. The van der Waals surface area contributed by atoms with E-state index >= 15 is 0 Å². The van der Waals surface area contributed by atoms with E-state index < -0.39 is 6.10 Å². The Labute approximate surface area is 182 Å². The number of anilines is 1. The van der Waals surface area contributed by atoms with Gasteiger partial charge >= 0.3 is 0 Å². The zero-order valence-corrected chi connectivity index (χ0v) is 17.7. The van der Waals surface area contributed by atoms with Gasteiger partial charge in [0, 0.05) is 10.6 Å². The molecule has 146 valence electrons. The molecule has 0 bridgehead atoms. The van der Waals surface area contributed by atoms with Crippen molar-refractivity contribution in [2.24, 2.45) is 0 Å². The van der Waals surface area contributed by atoms with Crippen LogP contribution in [0.4, 0.5) is 5.69 Å². The van der Waals surface area contributed by atoms with E-state index in [4.69, 9.17) is 27.9 Å². The fourth-order valence-corrected chi connectivity index (χ4v) is 4.27. The summed E-state index contributed by atoms with van der Waals surface area (Å²) in [6, 6.07) is 20.4. The van der Waals surface area contributed by atoms with Crippen molar-refractivity contribution in [2.45, 2.75) is 13.0 Å². The minimum atomic E-state index is -0.753. The second-order valence-corrected chi connectivity index (χ2v) is 8.23. The molecular weight excluding hydrogens is 427 g/mol. The molecule has 0 unspecified atom stereocenters. The highest BCUT2D eigenvalue weighted by Crippen LogP contribution is 2.34. The van der Waals surface area contributed by atoms with Gasteiger partial charge in [-0.15, -0.1) is 11.3 Å². The number of para-hydroxylation sites is 2. The van der Waals surface area contributed by atoms with Gasteiger partial charge in [0.15, 0.2) is 6.10 Å². The van der Waals surface area contributed by atoms with Gasteiger partial charge in [-0.05, 0) is 49.4 Å². The van der Waals surface area contributed by atoms with Crippen molar-refractivity contribution >= 4 is 56.3 Å². The van der Waals surface area contributed by atoms with Crippen molar-refractivity contribution < 1.29 is 9.53 Å². The molecule has 0 spiro atoms. The summed E-state index contributed by atoms with van der Waals surface area (Å²) < 4.78 is 6.81. The number of nitrogens with one attached hydrogen (secondary N) is 1. The summed E-state index contributed by atoms with van der Waals surface area (Å²) in [7, 11) is 0. The number of rotatable bonds is 5. The Hall–Kier alpha value is -2.60. The van der Waals surface area contributed by atoms with Gasteiger partial charge < -0.3 is 10.1 Å². The lowest BCUT2D eigenvalue weighted by molar-refractivity contribution is -0.122. The average Bonchev–Trinajstić information content (AvgIpc) is 3.14. The van der Waals surface area contributed by atoms with Gasteiger partial charge in [0.25, 0.3) is 5.91 Å². The molecule has 1 heterocycles. The Morgan fingerprint density at radius 2 is 1.83 bits per heavy atom. The quantitative estimate of drug-likeness (QED) is 0.375. The summed E-state index contributed by atoms with van der Waals surface area (Å²) in [5.41, 5.74) is 2.47. The van der Waals surface area contributed by atoms with E-state index in [0.29, 0.717) is 21.5 Å². The fourth-order valence-electron chi connectivity index (χ4n) is 2.82. The van der Waals surface area contributed by atoms with Gasteiger partial charge in [-0.3, -0.25) is 4.79 Å². The lowest BCUT2D eigenvalue weighted by Crippen LogP contribution is -2.30. The first kappa shape index (κ1) is 19.7. The molecule has 4 aromatic rings. The Kier molecular flexibility index (Phi) is 5.72. The van der Waals surface area contributed by atoms with Crippen LogP contribution < -0.4 is 10.1 Å². The van der Waals surface area contributed by atoms with Crippen molar-refractivity contribution in [3.8, 4) is 16.3 Å². The number of aromatic nitrogens is 1. The molecule has 0 aliphatic heterocycles. The van der Waals surface area contributed by atoms with Gasteiger partial charge in [-0.2, -0.15) is 0 Å². The maximum atomic E-state index is 12.7. The topological polar surface area (TPSA) is 51.2 Å². The lowest BCUT2D eigenvalue weighted by atomic mass is 10.2. The van der Waals surface area contributed by atoms with Crippen LogP contribution >= 0.6 is 34.5 Å². The second kappa shape index (κ2) is 8.41. The van der Waals surface area contributed by atoms with E-state index in [1.807, 2.05) is 48.5 Å². The molecular formula is C22H16Cl2N2O2S. The number of carbonyl (C=O) groups is 1. The third-order valence-corrected chi connectivity index (χ3v) is 5.88. The predicted molar refractivity (Wildman–Crippen MR) is 120 cm³/mol. The Morgan fingerprint density at radius 3 is 2.62 bits per heavy atom. The molecule has 3 aromatic carbocycles. The molecule has 1 atom stereocenters. The van der Waals surface area contributed by atoms with Crippen molar-refractivity contribution in [3.05, 3.63) is 76.8 Å². The summed E-state index contributed by atoms with van der Waals surface area (Å²) in [4.78, 5) is 17.4. The van der Waals surface area contributed by atoms with Gasteiger partial charge in [0.1, 0.15) is 10.8 Å². The number of benzene rings is 3. The van der Waals surface area contributed by atoms with Gasteiger partial charge in [0.2, 0.25) is 0 Å². The van der Waals surface area contributed by atoms with E-state index in [0.717, 1.165) is 20.8 Å². The van der Waals surface area contributed by atoms with Crippen LogP contribution in [0.15, 0.2) is 66.7 Å². The van der Waals surface area contributed by atoms with Gasteiger partial charge in [0.05, 0.1) is 20.9 Å². The van der Waals surface area contributed by atoms with E-state index in [2.05, 4.69) is 10.3 Å². The number of fused-ring (bicyclic) bond motifs is 1. The van der Waals surface area contributed by atoms with Crippen LogP contribution in [0.5, 0.6) is 5.75 Å². The van der Waals surface area contributed by atoms with Crippen LogP contribution in [0, 0.1) is 0 Å². The molecule has 29 heavy (non-hydrogen) atoms. The molecule has 4 rings (SSSR count). The summed E-state index contributed by atoms with van der Waals surface area (Å²) in [5, 5.41) is 4.64. The molecule has 7 heteroatoms. The molecule has 1 aromatic heterocycles. The number of nitrogens with zero attached hydrogens (tertiary/aromatic N) is 1. The molecule has 0 radical (unpaired) electrons. The molecule has 4 nitrogen and oxygen atoms in total. The number of carbonyl (C=O) groups excluding carboxylic acids is 1. The normalized spacial score (nSPS) is 12.0. The zero-order valence-electron chi connectivity index (χ0n) is 15.4. The number of hydrogen-bond donors (Lipinski definition) is 1. The first-order valence-corrected chi connectivity index (χ1v) is 10.5. The molecule has 0 fully saturated rings. The summed E-state index contributed by atoms with van der Waals surface area (Å²) in [6.07, 6.45) is -0.753. The monoisotopic (exact) mass is 442 g/mol. The van der Waals surface area contributed by atoms with E-state index in [-0.39, 0.29) is 5.91 Å². The molecule has 1 amide bonds. The fraction of sp³-hybridized carbons (Fsp3) is 0.0909. The number of ether oxygens (including phenoxy) is 1. The van der Waals surface area contributed by atoms with Crippen LogP contribution in [0.3, 0.4) is 0 Å². The van der Waals surface area contributed by atoms with Gasteiger partial charge in [-0.25, -0.2) is 4.98 Å². The van der Waals surface area contributed by atoms with Crippen molar-refractivity contribution in [3.63, 3.8) is 0 Å². The summed E-state index contributed by atoms with van der Waals surface area (Å²) >= 11 is 13.6.